The maximum atomic E-state index is 13.5. The van der Waals surface area contributed by atoms with Gasteiger partial charge >= 0.3 is 0 Å². The number of nitrogens with two attached hydrogens (primary N) is 1. The topological polar surface area (TPSA) is 211 Å². The molecule has 0 aromatic heterocycles. The van der Waals surface area contributed by atoms with Crippen molar-refractivity contribution in [1.82, 2.24) is 5.48 Å². The van der Waals surface area contributed by atoms with Gasteiger partial charge in [0.2, 0.25) is 11.7 Å². The summed E-state index contributed by atoms with van der Waals surface area (Å²) >= 11 is 0. The number of carbonyl (C=O) groups is 4. The van der Waals surface area contributed by atoms with Crippen LogP contribution in [0.5, 0.6) is 5.75 Å². The summed E-state index contributed by atoms with van der Waals surface area (Å²) in [5.74, 6) is -9.49. The Hall–Kier alpha value is -3.48. The van der Waals surface area contributed by atoms with Crippen LogP contribution in [0.2, 0.25) is 0 Å². The summed E-state index contributed by atoms with van der Waals surface area (Å²) in [5, 5.41) is 52.5. The van der Waals surface area contributed by atoms with E-state index in [1.54, 1.807) is 19.0 Å². The number of aliphatic hydroxyl groups is 3. The van der Waals surface area contributed by atoms with Crippen molar-refractivity contribution in [2.45, 2.75) is 31.0 Å². The number of phenolic OH excluding ortho intramolecular Hbond substituents is 1. The van der Waals surface area contributed by atoms with Gasteiger partial charge in [0.1, 0.15) is 17.4 Å². The van der Waals surface area contributed by atoms with E-state index in [1.807, 2.05) is 0 Å². The number of carbonyl (C=O) groups excluding carboxylic acids is 4. The molecule has 3 aliphatic carbocycles. The van der Waals surface area contributed by atoms with Crippen LogP contribution >= 0.6 is 0 Å². The monoisotopic (exact) mass is 475 g/mol. The average Bonchev–Trinajstić information content (AvgIpc) is 2.75. The van der Waals surface area contributed by atoms with E-state index in [0.717, 1.165) is 0 Å². The number of nitrogens with one attached hydrogen (secondary N) is 1. The minimum atomic E-state index is -2.68. The van der Waals surface area contributed by atoms with Gasteiger partial charge in [0.25, 0.3) is 5.91 Å². The fourth-order valence-corrected chi connectivity index (χ4v) is 5.61. The molecule has 3 aliphatic rings. The molecular weight excluding hydrogens is 450 g/mol. The first-order valence-corrected chi connectivity index (χ1v) is 10.6. The summed E-state index contributed by atoms with van der Waals surface area (Å²) in [6.07, 6.45) is -1.54. The third-order valence-corrected chi connectivity index (χ3v) is 7.19. The zero-order valence-electron chi connectivity index (χ0n) is 18.4. The van der Waals surface area contributed by atoms with E-state index in [1.165, 1.54) is 11.5 Å². The first kappa shape index (κ1) is 23.7. The molecule has 0 saturated heterocycles. The number of benzene rings is 1. The van der Waals surface area contributed by atoms with Crippen molar-refractivity contribution >= 4 is 34.8 Å². The Morgan fingerprint density at radius 3 is 2.41 bits per heavy atom. The second kappa shape index (κ2) is 7.79. The zero-order chi connectivity index (χ0) is 25.3. The minimum absolute atomic E-state index is 0.0296. The average molecular weight is 475 g/mol. The number of aliphatic hydroxyl groups excluding tert-OH is 2. The van der Waals surface area contributed by atoms with E-state index in [2.05, 4.69) is 0 Å². The molecule has 0 radical (unpaired) electrons. The molecule has 2 saturated carbocycles. The van der Waals surface area contributed by atoms with E-state index >= 15 is 0 Å². The molecule has 12 heteroatoms. The van der Waals surface area contributed by atoms with Gasteiger partial charge in [-0.1, -0.05) is 0 Å². The van der Waals surface area contributed by atoms with Gasteiger partial charge in [0, 0.05) is 31.3 Å². The van der Waals surface area contributed by atoms with Crippen molar-refractivity contribution in [3.05, 3.63) is 28.3 Å². The quantitative estimate of drug-likeness (QED) is 0.157. The van der Waals surface area contributed by atoms with E-state index < -0.39 is 64.3 Å². The largest absolute Gasteiger partial charge is 0.507 e. The molecule has 8 N–H and O–H groups in total. The van der Waals surface area contributed by atoms with Crippen molar-refractivity contribution < 1.29 is 44.8 Å². The van der Waals surface area contributed by atoms with Gasteiger partial charge in [0.05, 0.1) is 17.2 Å². The fourth-order valence-electron chi connectivity index (χ4n) is 5.61. The molecule has 2 unspecified atom stereocenters. The predicted octanol–water partition coefficient (Wildman–Crippen LogP) is -1.23. The highest BCUT2D eigenvalue weighted by Gasteiger charge is 2.64. The summed E-state index contributed by atoms with van der Waals surface area (Å²) in [4.78, 5) is 52.0. The number of ketones is 2. The van der Waals surface area contributed by atoms with E-state index in [4.69, 9.17) is 10.9 Å². The second-order valence-corrected chi connectivity index (χ2v) is 9.22. The number of fused-ring (bicyclic) bond motifs is 3. The van der Waals surface area contributed by atoms with Crippen LogP contribution in [0.1, 0.15) is 34.3 Å². The van der Waals surface area contributed by atoms with Crippen LogP contribution in [-0.4, -0.2) is 74.8 Å². The number of hydrogen-bond donors (Lipinski definition) is 7. The Morgan fingerprint density at radius 1 is 1.21 bits per heavy atom. The van der Waals surface area contributed by atoms with Gasteiger partial charge in [-0.05, 0) is 36.8 Å². The highest BCUT2D eigenvalue weighted by atomic mass is 16.5. The van der Waals surface area contributed by atoms with Crippen molar-refractivity contribution in [3.8, 4) is 5.75 Å². The summed E-state index contributed by atoms with van der Waals surface area (Å²) in [5.41, 5.74) is 3.86. The molecule has 12 nitrogen and oxygen atoms in total. The lowest BCUT2D eigenvalue weighted by atomic mass is 9.56. The molecule has 4 rings (SSSR count). The van der Waals surface area contributed by atoms with Crippen LogP contribution in [0, 0.1) is 17.8 Å². The first-order chi connectivity index (χ1) is 15.9. The van der Waals surface area contributed by atoms with Gasteiger partial charge in [0.15, 0.2) is 11.4 Å². The molecule has 34 heavy (non-hydrogen) atoms. The highest BCUT2D eigenvalue weighted by molar-refractivity contribution is 6.24. The molecule has 1 aromatic carbocycles. The molecule has 0 aliphatic heterocycles. The van der Waals surface area contributed by atoms with Crippen LogP contribution in [0.3, 0.4) is 0 Å². The molecule has 0 bridgehead atoms. The van der Waals surface area contributed by atoms with Gasteiger partial charge in [-0.2, -0.15) is 0 Å². The maximum absolute atomic E-state index is 13.5. The summed E-state index contributed by atoms with van der Waals surface area (Å²) < 4.78 is 0. The van der Waals surface area contributed by atoms with E-state index in [9.17, 15) is 39.6 Å². The van der Waals surface area contributed by atoms with Crippen LogP contribution in [0.4, 0.5) is 5.69 Å². The van der Waals surface area contributed by atoms with Crippen molar-refractivity contribution in [2.24, 2.45) is 23.5 Å². The van der Waals surface area contributed by atoms with Crippen molar-refractivity contribution in [1.29, 1.82) is 0 Å². The molecule has 182 valence electrons. The smallest absolute Gasteiger partial charge is 0.278 e. The lowest BCUT2D eigenvalue weighted by molar-refractivity contribution is -0.174. The number of aromatic hydroxyl groups is 1. The Morgan fingerprint density at radius 2 is 1.85 bits per heavy atom. The first-order valence-electron chi connectivity index (χ1n) is 10.6. The molecule has 2 fully saturated rings. The number of Topliss-reactive ketones (excluding diaryl/α,β-unsaturated/α-hetero) is 2. The van der Waals surface area contributed by atoms with E-state index in [-0.39, 0.29) is 36.0 Å². The van der Waals surface area contributed by atoms with Crippen molar-refractivity contribution in [3.63, 3.8) is 0 Å². The van der Waals surface area contributed by atoms with Crippen LogP contribution < -0.4 is 16.1 Å². The number of hydroxylamine groups is 1. The van der Waals surface area contributed by atoms with Gasteiger partial charge < -0.3 is 31.1 Å². The number of hydrogen-bond acceptors (Lipinski definition) is 10. The third-order valence-electron chi connectivity index (χ3n) is 7.19. The minimum Gasteiger partial charge on any atom is -0.507 e. The Labute approximate surface area is 193 Å². The van der Waals surface area contributed by atoms with Crippen LogP contribution in [0.25, 0.3) is 5.76 Å². The molecule has 0 heterocycles. The fraction of sp³-hybridized carbons (Fsp3) is 0.455. The lowest BCUT2D eigenvalue weighted by Gasteiger charge is -2.48. The summed E-state index contributed by atoms with van der Waals surface area (Å²) in [6.45, 7) is 0. The third kappa shape index (κ3) is 3.02. The van der Waals surface area contributed by atoms with Gasteiger partial charge in [-0.15, -0.1) is 0 Å². The number of rotatable bonds is 3. The SMILES string of the molecule is CN(C)c1cc(C(=O)NO)c(O)c2c1C[C@H]1C[C@H]3CC(O)C(C(N)=O)C(=O)[C@@]3(O)C(=O)C1=C2O. The standard InChI is InChI=1S/C22H25N3O9/c1-25(2)11-6-10(21(32)24-34)16(27)14-9(11)4-7-3-8-5-12(26)15(20(23)31)19(30)22(8,33)18(29)13(7)17(14)28/h6-8,12,15,26-28,33-34H,3-5H2,1-2H3,(H2,23,31)(H,24,32)/t7-,8+,12?,15?,22+/m1/s1. The molecule has 5 atom stereocenters. The van der Waals surface area contributed by atoms with Gasteiger partial charge in [-0.3, -0.25) is 24.4 Å². The normalized spacial score (nSPS) is 30.3. The maximum Gasteiger partial charge on any atom is 0.278 e. The van der Waals surface area contributed by atoms with Crippen molar-refractivity contribution in [2.75, 3.05) is 19.0 Å². The molecule has 0 spiro atoms. The van der Waals surface area contributed by atoms with Crippen LogP contribution in [0.15, 0.2) is 11.6 Å². The molecule has 1 aromatic rings. The summed E-state index contributed by atoms with van der Waals surface area (Å²) in [6, 6.07) is 1.32. The number of anilines is 1. The van der Waals surface area contributed by atoms with E-state index in [0.29, 0.717) is 11.3 Å². The molecular formula is C22H25N3O9. The van der Waals surface area contributed by atoms with Crippen LogP contribution in [-0.2, 0) is 20.8 Å². The number of primary amides is 1. The Balaban J connectivity index is 1.94. The molecule has 2 amide bonds. The predicted molar refractivity (Wildman–Crippen MR) is 115 cm³/mol. The number of phenols is 1. The lowest BCUT2D eigenvalue weighted by Crippen LogP contribution is -2.66. The van der Waals surface area contributed by atoms with Gasteiger partial charge in [-0.25, -0.2) is 5.48 Å². The number of nitrogens with zero attached hydrogens (tertiary/aromatic N) is 1. The number of amides is 2. The Kier molecular flexibility index (Phi) is 5.42. The highest BCUT2D eigenvalue weighted by Crippen LogP contribution is 2.53. The second-order valence-electron chi connectivity index (χ2n) is 9.22. The Bertz CT molecular complexity index is 1170. The zero-order valence-corrected chi connectivity index (χ0v) is 18.4. The summed E-state index contributed by atoms with van der Waals surface area (Å²) in [7, 11) is 3.32.